The molecule has 1 heterocycles. The van der Waals surface area contributed by atoms with E-state index in [2.05, 4.69) is 17.2 Å². The van der Waals surface area contributed by atoms with Gasteiger partial charge in [0.2, 0.25) is 0 Å². The molecule has 0 bridgehead atoms. The first kappa shape index (κ1) is 13.1. The van der Waals surface area contributed by atoms with Crippen LogP contribution < -0.4 is 5.32 Å². The molecule has 0 amide bonds. The van der Waals surface area contributed by atoms with Crippen LogP contribution >= 0.6 is 0 Å². The summed E-state index contributed by atoms with van der Waals surface area (Å²) in [6.45, 7) is 3.48. The Labute approximate surface area is 111 Å². The summed E-state index contributed by atoms with van der Waals surface area (Å²) in [6.07, 6.45) is 6.23. The summed E-state index contributed by atoms with van der Waals surface area (Å²) in [5, 5.41) is 14.1. The van der Waals surface area contributed by atoms with Gasteiger partial charge in [0.15, 0.2) is 0 Å². The molecule has 1 aromatic heterocycles. The smallest absolute Gasteiger partial charge is 0.269 e. The third-order valence-corrected chi connectivity index (χ3v) is 2.78. The Morgan fingerprint density at radius 1 is 1.47 bits per heavy atom. The second-order valence-electron chi connectivity index (χ2n) is 4.26. The lowest BCUT2D eigenvalue weighted by Gasteiger charge is -2.11. The van der Waals surface area contributed by atoms with E-state index in [-0.39, 0.29) is 10.6 Å². The number of nitro benzene ring substituents is 1. The largest absolute Gasteiger partial charge is 0.385 e. The summed E-state index contributed by atoms with van der Waals surface area (Å²) in [6, 6.07) is 4.90. The molecule has 0 atom stereocenters. The molecule has 0 spiro atoms. The Balaban J connectivity index is 2.29. The van der Waals surface area contributed by atoms with E-state index in [4.69, 9.17) is 0 Å². The average Bonchev–Trinajstić information content (AvgIpc) is 2.90. The Kier molecular flexibility index (Phi) is 4.12. The van der Waals surface area contributed by atoms with Gasteiger partial charge >= 0.3 is 0 Å². The number of hydrogen-bond acceptors (Lipinski definition) is 4. The Hall–Kier alpha value is -2.37. The van der Waals surface area contributed by atoms with Crippen molar-refractivity contribution in [1.82, 2.24) is 9.55 Å². The van der Waals surface area contributed by atoms with Gasteiger partial charge in [-0.25, -0.2) is 4.98 Å². The highest BCUT2D eigenvalue weighted by Gasteiger charge is 2.10. The van der Waals surface area contributed by atoms with Gasteiger partial charge in [0.25, 0.3) is 5.69 Å². The number of aromatic nitrogens is 2. The maximum absolute atomic E-state index is 10.8. The molecule has 0 fully saturated rings. The zero-order valence-electron chi connectivity index (χ0n) is 10.7. The third-order valence-electron chi connectivity index (χ3n) is 2.78. The Morgan fingerprint density at radius 3 is 2.95 bits per heavy atom. The molecular formula is C13H16N4O2. The van der Waals surface area contributed by atoms with E-state index in [0.29, 0.717) is 6.54 Å². The zero-order chi connectivity index (χ0) is 13.7. The van der Waals surface area contributed by atoms with Gasteiger partial charge in [-0.1, -0.05) is 6.92 Å². The van der Waals surface area contributed by atoms with Gasteiger partial charge in [0.1, 0.15) is 0 Å². The fourth-order valence-electron chi connectivity index (χ4n) is 1.83. The number of nitro groups is 1. The van der Waals surface area contributed by atoms with Crippen molar-refractivity contribution in [3.8, 4) is 0 Å². The fourth-order valence-corrected chi connectivity index (χ4v) is 1.83. The van der Waals surface area contributed by atoms with Gasteiger partial charge in [-0.2, -0.15) is 0 Å². The molecule has 1 N–H and O–H groups in total. The van der Waals surface area contributed by atoms with E-state index < -0.39 is 0 Å². The second-order valence-corrected chi connectivity index (χ2v) is 4.26. The Bertz CT molecular complexity index is 552. The van der Waals surface area contributed by atoms with Crippen LogP contribution in [0.1, 0.15) is 18.9 Å². The average molecular weight is 260 g/mol. The molecule has 0 saturated carbocycles. The SMILES string of the molecule is CCCNc1ccc([N+](=O)[O-])cc1Cn1ccnc1. The Morgan fingerprint density at radius 2 is 2.32 bits per heavy atom. The quantitative estimate of drug-likeness (QED) is 0.640. The number of nitrogens with one attached hydrogen (secondary N) is 1. The van der Waals surface area contributed by atoms with E-state index in [0.717, 1.165) is 24.2 Å². The topological polar surface area (TPSA) is 73.0 Å². The second kappa shape index (κ2) is 5.99. The van der Waals surface area contributed by atoms with Gasteiger partial charge in [0, 0.05) is 42.3 Å². The fraction of sp³-hybridized carbons (Fsp3) is 0.308. The summed E-state index contributed by atoms with van der Waals surface area (Å²) >= 11 is 0. The lowest BCUT2D eigenvalue weighted by atomic mass is 10.1. The van der Waals surface area contributed by atoms with Crippen molar-refractivity contribution in [2.24, 2.45) is 0 Å². The molecular weight excluding hydrogens is 244 g/mol. The van der Waals surface area contributed by atoms with E-state index in [1.165, 1.54) is 6.07 Å². The van der Waals surface area contributed by atoms with Crippen molar-refractivity contribution in [2.45, 2.75) is 19.9 Å². The number of nitrogens with zero attached hydrogens (tertiary/aromatic N) is 3. The molecule has 2 rings (SSSR count). The van der Waals surface area contributed by atoms with Gasteiger partial charge < -0.3 is 9.88 Å². The van der Waals surface area contributed by atoms with Crippen LogP contribution in [0.25, 0.3) is 0 Å². The number of rotatable bonds is 6. The highest BCUT2D eigenvalue weighted by Crippen LogP contribution is 2.23. The van der Waals surface area contributed by atoms with Gasteiger partial charge in [-0.05, 0) is 12.5 Å². The van der Waals surface area contributed by atoms with Gasteiger partial charge in [-0.3, -0.25) is 10.1 Å². The van der Waals surface area contributed by atoms with Crippen LogP contribution in [0.2, 0.25) is 0 Å². The van der Waals surface area contributed by atoms with Crippen molar-refractivity contribution >= 4 is 11.4 Å². The van der Waals surface area contributed by atoms with E-state index in [1.54, 1.807) is 24.7 Å². The molecule has 0 aliphatic rings. The minimum absolute atomic E-state index is 0.108. The molecule has 100 valence electrons. The predicted molar refractivity (Wildman–Crippen MR) is 73.2 cm³/mol. The number of non-ortho nitro benzene ring substituents is 1. The molecule has 0 radical (unpaired) electrons. The lowest BCUT2D eigenvalue weighted by molar-refractivity contribution is -0.384. The molecule has 0 unspecified atom stereocenters. The molecule has 2 aromatic rings. The summed E-state index contributed by atoms with van der Waals surface area (Å²) in [4.78, 5) is 14.4. The van der Waals surface area contributed by atoms with Crippen LogP contribution in [-0.2, 0) is 6.54 Å². The molecule has 6 heteroatoms. The van der Waals surface area contributed by atoms with Crippen molar-refractivity contribution in [3.05, 3.63) is 52.6 Å². The maximum Gasteiger partial charge on any atom is 0.269 e. The van der Waals surface area contributed by atoms with E-state index in [1.807, 2.05) is 10.8 Å². The molecule has 0 aliphatic heterocycles. The summed E-state index contributed by atoms with van der Waals surface area (Å²) in [5.41, 5.74) is 1.93. The van der Waals surface area contributed by atoms with Crippen molar-refractivity contribution in [3.63, 3.8) is 0 Å². The number of benzene rings is 1. The van der Waals surface area contributed by atoms with Crippen LogP contribution in [0.4, 0.5) is 11.4 Å². The third kappa shape index (κ3) is 3.31. The predicted octanol–water partition coefficient (Wildman–Crippen LogP) is 2.66. The van der Waals surface area contributed by atoms with Crippen LogP contribution in [0.5, 0.6) is 0 Å². The number of hydrogen-bond donors (Lipinski definition) is 1. The van der Waals surface area contributed by atoms with Crippen molar-refractivity contribution < 1.29 is 4.92 Å². The number of imidazole rings is 1. The summed E-state index contributed by atoms with van der Waals surface area (Å²) in [7, 11) is 0. The number of anilines is 1. The standard InChI is InChI=1S/C13H16N4O2/c1-2-5-15-13-4-3-12(17(18)19)8-11(13)9-16-7-6-14-10-16/h3-4,6-8,10,15H,2,5,9H2,1H3. The van der Waals surface area contributed by atoms with Crippen LogP contribution in [0.15, 0.2) is 36.9 Å². The van der Waals surface area contributed by atoms with Crippen LogP contribution in [-0.4, -0.2) is 21.0 Å². The summed E-state index contributed by atoms with van der Waals surface area (Å²) in [5.74, 6) is 0. The molecule has 1 aromatic carbocycles. The maximum atomic E-state index is 10.8. The minimum Gasteiger partial charge on any atom is -0.385 e. The van der Waals surface area contributed by atoms with Gasteiger partial charge in [0.05, 0.1) is 17.8 Å². The highest BCUT2D eigenvalue weighted by molar-refractivity contribution is 5.56. The zero-order valence-corrected chi connectivity index (χ0v) is 10.7. The van der Waals surface area contributed by atoms with E-state index in [9.17, 15) is 10.1 Å². The summed E-state index contributed by atoms with van der Waals surface area (Å²) < 4.78 is 1.89. The molecule has 6 nitrogen and oxygen atoms in total. The van der Waals surface area contributed by atoms with Crippen molar-refractivity contribution in [1.29, 1.82) is 0 Å². The minimum atomic E-state index is -0.374. The lowest BCUT2D eigenvalue weighted by Crippen LogP contribution is -2.06. The first-order valence-corrected chi connectivity index (χ1v) is 6.17. The van der Waals surface area contributed by atoms with Gasteiger partial charge in [-0.15, -0.1) is 0 Å². The monoisotopic (exact) mass is 260 g/mol. The van der Waals surface area contributed by atoms with Crippen LogP contribution in [0, 0.1) is 10.1 Å². The first-order chi connectivity index (χ1) is 9.20. The molecule has 0 aliphatic carbocycles. The van der Waals surface area contributed by atoms with Crippen LogP contribution in [0.3, 0.4) is 0 Å². The normalized spacial score (nSPS) is 10.4. The highest BCUT2D eigenvalue weighted by atomic mass is 16.6. The first-order valence-electron chi connectivity index (χ1n) is 6.17. The molecule has 19 heavy (non-hydrogen) atoms. The van der Waals surface area contributed by atoms with Crippen molar-refractivity contribution in [2.75, 3.05) is 11.9 Å². The molecule has 0 saturated heterocycles. The van der Waals surface area contributed by atoms with E-state index >= 15 is 0 Å².